The quantitative estimate of drug-likeness (QED) is 0.868. The normalized spacial score (nSPS) is 18.6. The second kappa shape index (κ2) is 6.85. The first-order chi connectivity index (χ1) is 9.61. The van der Waals surface area contributed by atoms with Crippen molar-refractivity contribution in [1.82, 2.24) is 0 Å². The molecule has 2 rings (SSSR count). The van der Waals surface area contributed by atoms with Gasteiger partial charge in [-0.3, -0.25) is 4.79 Å². The smallest absolute Gasteiger partial charge is 0.348 e. The van der Waals surface area contributed by atoms with Crippen LogP contribution in [-0.2, 0) is 14.3 Å². The molecule has 1 amide bonds. The Morgan fingerprint density at radius 2 is 2.35 bits per heavy atom. The molecule has 0 spiro atoms. The van der Waals surface area contributed by atoms with Crippen LogP contribution < -0.4 is 5.32 Å². The van der Waals surface area contributed by atoms with Gasteiger partial charge in [0.2, 0.25) is 5.91 Å². The number of ether oxygens (including phenoxy) is 2. The third kappa shape index (κ3) is 3.58. The Morgan fingerprint density at radius 3 is 3.00 bits per heavy atom. The first kappa shape index (κ1) is 15.0. The van der Waals surface area contributed by atoms with Gasteiger partial charge in [0.25, 0.3) is 0 Å². The van der Waals surface area contributed by atoms with Crippen molar-refractivity contribution in [3.8, 4) is 0 Å². The van der Waals surface area contributed by atoms with Gasteiger partial charge in [0, 0.05) is 6.61 Å². The third-order valence-electron chi connectivity index (χ3n) is 3.16. The van der Waals surface area contributed by atoms with Crippen molar-refractivity contribution < 1.29 is 19.1 Å². The predicted molar refractivity (Wildman–Crippen MR) is 77.2 cm³/mol. The van der Waals surface area contributed by atoms with Gasteiger partial charge in [0.1, 0.15) is 4.88 Å². The van der Waals surface area contributed by atoms with E-state index in [9.17, 15) is 9.59 Å². The maximum atomic E-state index is 12.1. The molecule has 1 fully saturated rings. The summed E-state index contributed by atoms with van der Waals surface area (Å²) < 4.78 is 10.3. The summed E-state index contributed by atoms with van der Waals surface area (Å²) in [5.41, 5.74) is 0.823. The number of amides is 1. The molecular weight excluding hydrogens is 278 g/mol. The summed E-state index contributed by atoms with van der Waals surface area (Å²) in [4.78, 5) is 24.3. The Morgan fingerprint density at radius 1 is 1.55 bits per heavy atom. The molecule has 1 aliphatic heterocycles. The van der Waals surface area contributed by atoms with Crippen LogP contribution in [0.4, 0.5) is 5.00 Å². The van der Waals surface area contributed by atoms with Gasteiger partial charge >= 0.3 is 5.97 Å². The first-order valence-corrected chi connectivity index (χ1v) is 7.59. The topological polar surface area (TPSA) is 64.6 Å². The van der Waals surface area contributed by atoms with E-state index >= 15 is 0 Å². The molecule has 110 valence electrons. The monoisotopic (exact) mass is 297 g/mol. The SMILES string of the molecule is CCOC(=O)c1sc(NC(=O)C2CCCOC2)cc1C. The highest BCUT2D eigenvalue weighted by molar-refractivity contribution is 7.18. The molecule has 0 saturated carbocycles. The molecule has 1 unspecified atom stereocenters. The van der Waals surface area contributed by atoms with E-state index in [1.165, 1.54) is 11.3 Å². The lowest BCUT2D eigenvalue weighted by Crippen LogP contribution is -2.29. The van der Waals surface area contributed by atoms with Gasteiger partial charge < -0.3 is 14.8 Å². The van der Waals surface area contributed by atoms with Gasteiger partial charge in [-0.25, -0.2) is 4.79 Å². The molecule has 0 aliphatic carbocycles. The van der Waals surface area contributed by atoms with Crippen LogP contribution in [0.1, 0.15) is 35.0 Å². The van der Waals surface area contributed by atoms with Crippen LogP contribution in [0.3, 0.4) is 0 Å². The molecule has 5 nitrogen and oxygen atoms in total. The summed E-state index contributed by atoms with van der Waals surface area (Å²) >= 11 is 1.25. The Hall–Kier alpha value is -1.40. The lowest BCUT2D eigenvalue weighted by atomic mass is 10.0. The molecule has 0 bridgehead atoms. The second-order valence-corrected chi connectivity index (χ2v) is 5.80. The summed E-state index contributed by atoms with van der Waals surface area (Å²) in [5, 5.41) is 3.54. The van der Waals surface area contributed by atoms with Crippen molar-refractivity contribution in [2.24, 2.45) is 5.92 Å². The van der Waals surface area contributed by atoms with Crippen molar-refractivity contribution in [1.29, 1.82) is 0 Å². The minimum Gasteiger partial charge on any atom is -0.462 e. The van der Waals surface area contributed by atoms with E-state index in [0.717, 1.165) is 25.0 Å². The van der Waals surface area contributed by atoms with Crippen LogP contribution in [0, 0.1) is 12.8 Å². The van der Waals surface area contributed by atoms with E-state index in [4.69, 9.17) is 9.47 Å². The molecule has 1 atom stereocenters. The lowest BCUT2D eigenvalue weighted by molar-refractivity contribution is -0.123. The minimum atomic E-state index is -0.337. The summed E-state index contributed by atoms with van der Waals surface area (Å²) in [6.07, 6.45) is 1.76. The average molecular weight is 297 g/mol. The number of carbonyl (C=O) groups excluding carboxylic acids is 2. The van der Waals surface area contributed by atoms with Crippen molar-refractivity contribution in [2.45, 2.75) is 26.7 Å². The first-order valence-electron chi connectivity index (χ1n) is 6.78. The van der Waals surface area contributed by atoms with E-state index in [1.54, 1.807) is 13.0 Å². The number of aryl methyl sites for hydroxylation is 1. The number of esters is 1. The molecule has 6 heteroatoms. The van der Waals surface area contributed by atoms with Crippen molar-refractivity contribution in [2.75, 3.05) is 25.1 Å². The zero-order valence-electron chi connectivity index (χ0n) is 11.7. The minimum absolute atomic E-state index is 0.0404. The molecule has 2 heterocycles. The number of rotatable bonds is 4. The van der Waals surface area contributed by atoms with E-state index in [0.29, 0.717) is 23.1 Å². The molecule has 1 aliphatic rings. The summed E-state index contributed by atoms with van der Waals surface area (Å²) in [7, 11) is 0. The highest BCUT2D eigenvalue weighted by Gasteiger charge is 2.23. The van der Waals surface area contributed by atoms with E-state index in [1.807, 2.05) is 6.92 Å². The Balaban J connectivity index is 2.01. The maximum Gasteiger partial charge on any atom is 0.348 e. The van der Waals surface area contributed by atoms with Crippen molar-refractivity contribution in [3.63, 3.8) is 0 Å². The number of hydrogen-bond acceptors (Lipinski definition) is 5. The second-order valence-electron chi connectivity index (χ2n) is 4.75. The van der Waals surface area contributed by atoms with Crippen LogP contribution in [-0.4, -0.2) is 31.7 Å². The zero-order valence-corrected chi connectivity index (χ0v) is 12.5. The molecule has 1 aromatic rings. The fourth-order valence-corrected chi connectivity index (χ4v) is 3.08. The summed E-state index contributed by atoms with van der Waals surface area (Å²) in [5.74, 6) is -0.477. The molecule has 1 N–H and O–H groups in total. The van der Waals surface area contributed by atoms with Gasteiger partial charge in [0.15, 0.2) is 0 Å². The van der Waals surface area contributed by atoms with Crippen LogP contribution in [0.15, 0.2) is 6.07 Å². The largest absolute Gasteiger partial charge is 0.462 e. The van der Waals surface area contributed by atoms with Gasteiger partial charge in [-0.1, -0.05) is 0 Å². The third-order valence-corrected chi connectivity index (χ3v) is 4.29. The standard InChI is InChI=1S/C14H19NO4S/c1-3-19-14(17)12-9(2)7-11(20-12)15-13(16)10-5-4-6-18-8-10/h7,10H,3-6,8H2,1-2H3,(H,15,16). The fourth-order valence-electron chi connectivity index (χ4n) is 2.11. The number of nitrogens with one attached hydrogen (secondary N) is 1. The average Bonchev–Trinajstić information content (AvgIpc) is 2.81. The molecule has 1 aromatic heterocycles. The van der Waals surface area contributed by atoms with Gasteiger partial charge in [0.05, 0.1) is 24.1 Å². The van der Waals surface area contributed by atoms with Crippen molar-refractivity contribution >= 4 is 28.2 Å². The molecular formula is C14H19NO4S. The summed E-state index contributed by atoms with van der Waals surface area (Å²) in [6, 6.07) is 1.80. The molecule has 1 saturated heterocycles. The zero-order chi connectivity index (χ0) is 14.5. The van der Waals surface area contributed by atoms with Crippen LogP contribution >= 0.6 is 11.3 Å². The van der Waals surface area contributed by atoms with Crippen LogP contribution in [0.2, 0.25) is 0 Å². The van der Waals surface area contributed by atoms with Crippen LogP contribution in [0.5, 0.6) is 0 Å². The van der Waals surface area contributed by atoms with E-state index in [2.05, 4.69) is 5.32 Å². The number of hydrogen-bond donors (Lipinski definition) is 1. The Kier molecular flexibility index (Phi) is 5.14. The summed E-state index contributed by atoms with van der Waals surface area (Å²) in [6.45, 7) is 5.15. The number of thiophene rings is 1. The van der Waals surface area contributed by atoms with Gasteiger partial charge in [-0.2, -0.15) is 0 Å². The van der Waals surface area contributed by atoms with Crippen LogP contribution in [0.25, 0.3) is 0 Å². The lowest BCUT2D eigenvalue weighted by Gasteiger charge is -2.20. The maximum absolute atomic E-state index is 12.1. The van der Waals surface area contributed by atoms with E-state index < -0.39 is 0 Å². The van der Waals surface area contributed by atoms with Gasteiger partial charge in [-0.15, -0.1) is 11.3 Å². The fraction of sp³-hybridized carbons (Fsp3) is 0.571. The predicted octanol–water partition coefficient (Wildman–Crippen LogP) is 2.60. The number of carbonyl (C=O) groups is 2. The molecule has 20 heavy (non-hydrogen) atoms. The highest BCUT2D eigenvalue weighted by atomic mass is 32.1. The van der Waals surface area contributed by atoms with E-state index in [-0.39, 0.29) is 17.8 Å². The highest BCUT2D eigenvalue weighted by Crippen LogP contribution is 2.28. The Bertz CT molecular complexity index is 491. The number of anilines is 1. The Labute approximate surface area is 122 Å². The van der Waals surface area contributed by atoms with Crippen molar-refractivity contribution in [3.05, 3.63) is 16.5 Å². The van der Waals surface area contributed by atoms with Gasteiger partial charge in [-0.05, 0) is 38.3 Å². The molecule has 0 radical (unpaired) electrons. The molecule has 0 aromatic carbocycles.